The van der Waals surface area contributed by atoms with Crippen molar-refractivity contribution < 1.29 is 18.3 Å². The highest BCUT2D eigenvalue weighted by Crippen LogP contribution is 2.29. The Hall–Kier alpha value is -1.86. The topological polar surface area (TPSA) is 42.5 Å². The highest BCUT2D eigenvalue weighted by molar-refractivity contribution is 5.33. The maximum absolute atomic E-state index is 13.4. The van der Waals surface area contributed by atoms with Crippen molar-refractivity contribution in [3.8, 4) is 0 Å². The molecule has 0 saturated carbocycles. The van der Waals surface area contributed by atoms with Crippen molar-refractivity contribution in [1.82, 2.24) is 10.6 Å². The Morgan fingerprint density at radius 1 is 0.786 bits per heavy atom. The first-order valence-electron chi connectivity index (χ1n) is 9.72. The van der Waals surface area contributed by atoms with Crippen molar-refractivity contribution in [1.29, 1.82) is 0 Å². The summed E-state index contributed by atoms with van der Waals surface area (Å²) in [6.07, 6.45) is 1.36. The molecule has 2 heterocycles. The fraction of sp³-hybridized carbons (Fsp3) is 0.455. The first kappa shape index (κ1) is 20.9. The van der Waals surface area contributed by atoms with Crippen LogP contribution in [0.4, 0.5) is 8.78 Å². The van der Waals surface area contributed by atoms with E-state index in [9.17, 15) is 8.78 Å². The van der Waals surface area contributed by atoms with E-state index in [4.69, 9.17) is 9.47 Å². The lowest BCUT2D eigenvalue weighted by Crippen LogP contribution is -2.25. The number of fused-ring (bicyclic) bond motifs is 2. The molecular weight excluding hydrogens is 362 g/mol. The summed E-state index contributed by atoms with van der Waals surface area (Å²) in [7, 11) is 3.74. The molecule has 28 heavy (non-hydrogen) atoms. The van der Waals surface area contributed by atoms with E-state index in [0.717, 1.165) is 35.3 Å². The standard InChI is InChI=1S/2C11H14FNO/c2*1-13-7-11-9-3-2-4-10(12)8(9)5-6-14-11/h2*2-4,11,13H,5-7H2,1H3/t2*11-/m10/s1. The minimum atomic E-state index is -0.105. The first-order chi connectivity index (χ1) is 13.7. The number of nitrogens with one attached hydrogen (secondary N) is 2. The Kier molecular flexibility index (Phi) is 7.50. The summed E-state index contributed by atoms with van der Waals surface area (Å²) in [4.78, 5) is 0. The van der Waals surface area contributed by atoms with Gasteiger partial charge in [0.2, 0.25) is 0 Å². The first-order valence-corrected chi connectivity index (χ1v) is 9.72. The van der Waals surface area contributed by atoms with Crippen LogP contribution in [-0.2, 0) is 22.3 Å². The van der Waals surface area contributed by atoms with Crippen molar-refractivity contribution in [3.05, 3.63) is 70.3 Å². The zero-order valence-corrected chi connectivity index (χ0v) is 16.4. The maximum atomic E-state index is 13.4. The summed E-state index contributed by atoms with van der Waals surface area (Å²) in [6, 6.07) is 10.4. The molecule has 0 radical (unpaired) electrons. The molecule has 2 N–H and O–H groups in total. The Morgan fingerprint density at radius 3 is 1.61 bits per heavy atom. The van der Waals surface area contributed by atoms with Gasteiger partial charge >= 0.3 is 0 Å². The van der Waals surface area contributed by atoms with Gasteiger partial charge in [0, 0.05) is 13.1 Å². The zero-order valence-electron chi connectivity index (χ0n) is 16.4. The summed E-state index contributed by atoms with van der Waals surface area (Å²) in [5, 5.41) is 6.10. The van der Waals surface area contributed by atoms with Crippen LogP contribution in [0.2, 0.25) is 0 Å². The molecule has 2 aromatic carbocycles. The van der Waals surface area contributed by atoms with Gasteiger partial charge in [0.15, 0.2) is 0 Å². The minimum Gasteiger partial charge on any atom is -0.372 e. The van der Waals surface area contributed by atoms with Crippen LogP contribution in [0.15, 0.2) is 36.4 Å². The highest BCUT2D eigenvalue weighted by Gasteiger charge is 2.23. The number of hydrogen-bond acceptors (Lipinski definition) is 4. The van der Waals surface area contributed by atoms with Crippen molar-refractivity contribution in [2.75, 3.05) is 40.4 Å². The molecule has 2 atom stereocenters. The third-order valence-corrected chi connectivity index (χ3v) is 5.13. The molecule has 2 aliphatic rings. The molecule has 2 aliphatic heterocycles. The van der Waals surface area contributed by atoms with Crippen LogP contribution in [0.5, 0.6) is 0 Å². The van der Waals surface area contributed by atoms with Gasteiger partial charge in [-0.15, -0.1) is 0 Å². The van der Waals surface area contributed by atoms with Crippen molar-refractivity contribution in [2.45, 2.75) is 25.0 Å². The average Bonchev–Trinajstić information content (AvgIpc) is 2.71. The number of benzene rings is 2. The molecule has 6 heteroatoms. The van der Waals surface area contributed by atoms with Crippen LogP contribution >= 0.6 is 0 Å². The summed E-state index contributed by atoms with van der Waals surface area (Å²) < 4.78 is 38.0. The fourth-order valence-corrected chi connectivity index (χ4v) is 3.78. The van der Waals surface area contributed by atoms with Crippen LogP contribution in [0.1, 0.15) is 34.5 Å². The summed E-state index contributed by atoms with van der Waals surface area (Å²) >= 11 is 0. The van der Waals surface area contributed by atoms with Gasteiger partial charge in [-0.25, -0.2) is 8.78 Å². The van der Waals surface area contributed by atoms with E-state index in [0.29, 0.717) is 26.1 Å². The molecule has 0 unspecified atom stereocenters. The third-order valence-electron chi connectivity index (χ3n) is 5.13. The van der Waals surface area contributed by atoms with E-state index in [2.05, 4.69) is 10.6 Å². The largest absolute Gasteiger partial charge is 0.372 e. The van der Waals surface area contributed by atoms with E-state index in [1.165, 1.54) is 12.1 Å². The van der Waals surface area contributed by atoms with Crippen LogP contribution in [0.3, 0.4) is 0 Å². The smallest absolute Gasteiger partial charge is 0.126 e. The molecule has 2 aromatic rings. The van der Waals surface area contributed by atoms with E-state index in [-0.39, 0.29) is 23.8 Å². The van der Waals surface area contributed by atoms with Gasteiger partial charge in [0.1, 0.15) is 11.6 Å². The van der Waals surface area contributed by atoms with Gasteiger partial charge in [-0.1, -0.05) is 24.3 Å². The number of ether oxygens (including phenoxy) is 2. The monoisotopic (exact) mass is 390 g/mol. The second-order valence-electron chi connectivity index (χ2n) is 6.95. The lowest BCUT2D eigenvalue weighted by atomic mass is 9.97. The molecule has 0 spiro atoms. The predicted octanol–water partition coefficient (Wildman–Crippen LogP) is 3.32. The fourth-order valence-electron chi connectivity index (χ4n) is 3.78. The van der Waals surface area contributed by atoms with Crippen molar-refractivity contribution in [2.24, 2.45) is 0 Å². The molecule has 0 bridgehead atoms. The van der Waals surface area contributed by atoms with Crippen LogP contribution < -0.4 is 10.6 Å². The third kappa shape index (κ3) is 4.75. The molecule has 0 aromatic heterocycles. The Bertz CT molecular complexity index is 720. The number of rotatable bonds is 4. The van der Waals surface area contributed by atoms with Crippen molar-refractivity contribution >= 4 is 0 Å². The Labute approximate surface area is 165 Å². The van der Waals surface area contributed by atoms with Crippen LogP contribution in [0.25, 0.3) is 0 Å². The molecule has 0 aliphatic carbocycles. The minimum absolute atomic E-state index is 0.000509. The van der Waals surface area contributed by atoms with Gasteiger partial charge < -0.3 is 20.1 Å². The second-order valence-corrected chi connectivity index (χ2v) is 6.95. The lowest BCUT2D eigenvalue weighted by Gasteiger charge is -2.26. The van der Waals surface area contributed by atoms with Crippen LogP contribution in [-0.4, -0.2) is 40.4 Å². The Morgan fingerprint density at radius 2 is 1.21 bits per heavy atom. The zero-order chi connectivity index (χ0) is 19.9. The molecule has 4 rings (SSSR count). The maximum Gasteiger partial charge on any atom is 0.126 e. The molecule has 0 fully saturated rings. The van der Waals surface area contributed by atoms with E-state index in [1.54, 1.807) is 12.1 Å². The highest BCUT2D eigenvalue weighted by atomic mass is 19.1. The quantitative estimate of drug-likeness (QED) is 0.841. The van der Waals surface area contributed by atoms with Gasteiger partial charge in [0.25, 0.3) is 0 Å². The molecule has 152 valence electrons. The average molecular weight is 390 g/mol. The molecule has 4 nitrogen and oxygen atoms in total. The Balaban J connectivity index is 0.000000161. The van der Waals surface area contributed by atoms with E-state index < -0.39 is 0 Å². The second kappa shape index (κ2) is 10.1. The van der Waals surface area contributed by atoms with Crippen LogP contribution in [0, 0.1) is 11.6 Å². The SMILES string of the molecule is CNC[C@@H]1OCCc2c(F)cccc21.CNC[C@H]1OCCc2c(F)cccc21. The number of hydrogen-bond donors (Lipinski definition) is 2. The van der Waals surface area contributed by atoms with Gasteiger partial charge in [-0.2, -0.15) is 0 Å². The van der Waals surface area contributed by atoms with Crippen molar-refractivity contribution in [3.63, 3.8) is 0 Å². The van der Waals surface area contributed by atoms with Gasteiger partial charge in [-0.05, 0) is 61.3 Å². The lowest BCUT2D eigenvalue weighted by molar-refractivity contribution is 0.0427. The molecule has 0 saturated heterocycles. The number of halogens is 2. The summed E-state index contributed by atoms with van der Waals surface area (Å²) in [6.45, 7) is 2.69. The molecular formula is C22H28F2N2O2. The predicted molar refractivity (Wildman–Crippen MR) is 105 cm³/mol. The number of likely N-dealkylation sites (N-methyl/N-ethyl adjacent to an activating group) is 2. The van der Waals surface area contributed by atoms with Gasteiger partial charge in [-0.3, -0.25) is 0 Å². The summed E-state index contributed by atoms with van der Waals surface area (Å²) in [5.41, 5.74) is 3.62. The van der Waals surface area contributed by atoms with E-state index >= 15 is 0 Å². The molecule has 0 amide bonds. The van der Waals surface area contributed by atoms with E-state index in [1.807, 2.05) is 26.2 Å². The normalized spacial score (nSPS) is 20.6. The van der Waals surface area contributed by atoms with Gasteiger partial charge in [0.05, 0.1) is 25.4 Å². The summed E-state index contributed by atoms with van der Waals surface area (Å²) in [5.74, 6) is -0.209.